The van der Waals surface area contributed by atoms with Gasteiger partial charge in [-0.3, -0.25) is 0 Å². The summed E-state index contributed by atoms with van der Waals surface area (Å²) < 4.78 is 5.35. The maximum absolute atomic E-state index is 9.57. The Morgan fingerprint density at radius 3 is 2.50 bits per heavy atom. The Kier molecular flexibility index (Phi) is 4.86. The minimum absolute atomic E-state index is 0.330. The highest BCUT2D eigenvalue weighted by molar-refractivity contribution is 6.08. The van der Waals surface area contributed by atoms with Gasteiger partial charge in [-0.2, -0.15) is 0 Å². The molecule has 0 heterocycles. The van der Waals surface area contributed by atoms with Gasteiger partial charge >= 0.3 is 0 Å². The minimum Gasteiger partial charge on any atom is -0.388 e. The van der Waals surface area contributed by atoms with E-state index in [0.29, 0.717) is 6.61 Å². The first-order valence-corrected chi connectivity index (χ1v) is 6.54. The van der Waals surface area contributed by atoms with Crippen LogP contribution in [0.2, 0.25) is 0 Å². The van der Waals surface area contributed by atoms with E-state index in [0.717, 1.165) is 28.5 Å². The van der Waals surface area contributed by atoms with E-state index < -0.39 is 0 Å². The van der Waals surface area contributed by atoms with Crippen LogP contribution in [-0.2, 0) is 11.3 Å². The highest BCUT2D eigenvalue weighted by atomic mass is 28.1. The lowest BCUT2D eigenvalue weighted by atomic mass is 10.1. The molecule has 0 aromatic heterocycles. The molecule has 0 aliphatic carbocycles. The van der Waals surface area contributed by atoms with Crippen molar-refractivity contribution in [1.82, 2.24) is 0 Å². The second-order valence-corrected chi connectivity index (χ2v) is 3.88. The SMILES string of the molecule is CCC(O)c1ccc(COC[SiH3])cc1. The van der Waals surface area contributed by atoms with Crippen LogP contribution in [0, 0.1) is 0 Å². The lowest BCUT2D eigenvalue weighted by Crippen LogP contribution is -1.97. The van der Waals surface area contributed by atoms with E-state index in [9.17, 15) is 5.11 Å². The molecule has 0 saturated heterocycles. The quantitative estimate of drug-likeness (QED) is 0.734. The molecule has 0 fully saturated rings. The van der Waals surface area contributed by atoms with Gasteiger partial charge in [0.2, 0.25) is 0 Å². The van der Waals surface area contributed by atoms with Gasteiger partial charge in [-0.05, 0) is 17.5 Å². The van der Waals surface area contributed by atoms with Crippen molar-refractivity contribution in [1.29, 1.82) is 0 Å². The van der Waals surface area contributed by atoms with Gasteiger partial charge < -0.3 is 9.84 Å². The van der Waals surface area contributed by atoms with E-state index >= 15 is 0 Å². The van der Waals surface area contributed by atoms with Gasteiger partial charge in [0.25, 0.3) is 0 Å². The monoisotopic (exact) mass is 210 g/mol. The van der Waals surface area contributed by atoms with Crippen LogP contribution in [0.25, 0.3) is 0 Å². The van der Waals surface area contributed by atoms with Crippen LogP contribution in [-0.4, -0.2) is 21.6 Å². The molecule has 78 valence electrons. The average Bonchev–Trinajstić information content (AvgIpc) is 2.26. The molecule has 1 aromatic rings. The predicted octanol–water partition coefficient (Wildman–Crippen LogP) is 0.969. The fourth-order valence-corrected chi connectivity index (χ4v) is 1.50. The second-order valence-electron chi connectivity index (χ2n) is 3.30. The van der Waals surface area contributed by atoms with E-state index in [1.165, 1.54) is 5.56 Å². The Morgan fingerprint density at radius 2 is 2.00 bits per heavy atom. The lowest BCUT2D eigenvalue weighted by Gasteiger charge is -2.08. The zero-order chi connectivity index (χ0) is 10.4. The molecule has 0 aliphatic heterocycles. The Labute approximate surface area is 88.3 Å². The first kappa shape index (κ1) is 11.4. The Balaban J connectivity index is 2.59. The molecule has 1 N–H and O–H groups in total. The third-order valence-corrected chi connectivity index (χ3v) is 2.63. The van der Waals surface area contributed by atoms with Crippen molar-refractivity contribution in [3.63, 3.8) is 0 Å². The van der Waals surface area contributed by atoms with Crippen LogP contribution < -0.4 is 0 Å². The van der Waals surface area contributed by atoms with E-state index in [2.05, 4.69) is 0 Å². The largest absolute Gasteiger partial charge is 0.388 e. The highest BCUT2D eigenvalue weighted by Gasteiger charge is 2.03. The van der Waals surface area contributed by atoms with E-state index in [1.54, 1.807) is 0 Å². The first-order valence-electron chi connectivity index (χ1n) is 5.12. The van der Waals surface area contributed by atoms with Crippen molar-refractivity contribution in [2.24, 2.45) is 0 Å². The van der Waals surface area contributed by atoms with Crippen LogP contribution >= 0.6 is 0 Å². The van der Waals surface area contributed by atoms with Gasteiger partial charge in [-0.1, -0.05) is 31.2 Å². The molecular weight excluding hydrogens is 192 g/mol. The third kappa shape index (κ3) is 3.25. The standard InChI is InChI=1S/C11H18O2Si/c1-2-11(12)10-5-3-9(4-6-10)7-13-8-14/h3-6,11-12H,2,7-8H2,1,14H3. The summed E-state index contributed by atoms with van der Waals surface area (Å²) in [6.07, 6.45) is 1.30. The molecular formula is C11H18O2Si. The fourth-order valence-electron chi connectivity index (χ4n) is 1.29. The van der Waals surface area contributed by atoms with Crippen LogP contribution in [0.1, 0.15) is 30.6 Å². The van der Waals surface area contributed by atoms with Crippen molar-refractivity contribution in [2.75, 3.05) is 6.23 Å². The van der Waals surface area contributed by atoms with Crippen LogP contribution in [0.5, 0.6) is 0 Å². The summed E-state index contributed by atoms with van der Waals surface area (Å²) in [5.41, 5.74) is 2.16. The van der Waals surface area contributed by atoms with Crippen LogP contribution in [0.15, 0.2) is 24.3 Å². The molecule has 0 bridgehead atoms. The lowest BCUT2D eigenvalue weighted by molar-refractivity contribution is 0.164. The van der Waals surface area contributed by atoms with Crippen molar-refractivity contribution >= 4 is 10.2 Å². The van der Waals surface area contributed by atoms with E-state index in [1.807, 2.05) is 31.2 Å². The molecule has 2 nitrogen and oxygen atoms in total. The average molecular weight is 210 g/mol. The summed E-state index contributed by atoms with van der Waals surface area (Å²) in [6.45, 7) is 2.66. The van der Waals surface area contributed by atoms with Crippen molar-refractivity contribution in [3.05, 3.63) is 35.4 Å². The maximum Gasteiger partial charge on any atom is 0.0787 e. The first-order chi connectivity index (χ1) is 6.77. The summed E-state index contributed by atoms with van der Waals surface area (Å²) in [4.78, 5) is 0. The van der Waals surface area contributed by atoms with Gasteiger partial charge in [0, 0.05) is 16.5 Å². The fraction of sp³-hybridized carbons (Fsp3) is 0.455. The Hall–Kier alpha value is -0.643. The minimum atomic E-state index is -0.330. The van der Waals surface area contributed by atoms with Gasteiger partial charge in [0.15, 0.2) is 0 Å². The number of aliphatic hydroxyl groups excluding tert-OH is 1. The van der Waals surface area contributed by atoms with Gasteiger partial charge in [-0.15, -0.1) is 0 Å². The number of benzene rings is 1. The molecule has 0 aliphatic rings. The summed E-state index contributed by atoms with van der Waals surface area (Å²) in [5.74, 6) is 0. The molecule has 0 radical (unpaired) electrons. The van der Waals surface area contributed by atoms with Crippen molar-refractivity contribution in [2.45, 2.75) is 26.1 Å². The Morgan fingerprint density at radius 1 is 1.36 bits per heavy atom. The summed E-state index contributed by atoms with van der Waals surface area (Å²) in [6, 6.07) is 7.98. The smallest absolute Gasteiger partial charge is 0.0787 e. The molecule has 3 heteroatoms. The highest BCUT2D eigenvalue weighted by Crippen LogP contribution is 2.16. The normalized spacial score (nSPS) is 13.0. The summed E-state index contributed by atoms with van der Waals surface area (Å²) in [5, 5.41) is 9.57. The van der Waals surface area contributed by atoms with Gasteiger partial charge in [0.05, 0.1) is 12.7 Å². The van der Waals surface area contributed by atoms with Gasteiger partial charge in [-0.25, -0.2) is 0 Å². The molecule has 0 amide bonds. The van der Waals surface area contributed by atoms with E-state index in [-0.39, 0.29) is 6.10 Å². The topological polar surface area (TPSA) is 29.5 Å². The zero-order valence-corrected chi connectivity index (χ0v) is 10.9. The molecule has 0 saturated carbocycles. The number of hydrogen-bond acceptors (Lipinski definition) is 2. The third-order valence-electron chi connectivity index (χ3n) is 2.22. The number of ether oxygens (including phenoxy) is 1. The maximum atomic E-state index is 9.57. The van der Waals surface area contributed by atoms with Crippen molar-refractivity contribution < 1.29 is 9.84 Å². The second kappa shape index (κ2) is 5.96. The molecule has 0 spiro atoms. The number of hydrogen-bond donors (Lipinski definition) is 1. The Bertz CT molecular complexity index is 258. The van der Waals surface area contributed by atoms with Crippen LogP contribution in [0.3, 0.4) is 0 Å². The van der Waals surface area contributed by atoms with E-state index in [4.69, 9.17) is 4.74 Å². The van der Waals surface area contributed by atoms with Crippen molar-refractivity contribution in [3.8, 4) is 0 Å². The van der Waals surface area contributed by atoms with Crippen LogP contribution in [0.4, 0.5) is 0 Å². The summed E-state index contributed by atoms with van der Waals surface area (Å²) >= 11 is 0. The predicted molar refractivity (Wildman–Crippen MR) is 61.3 cm³/mol. The van der Waals surface area contributed by atoms with Gasteiger partial charge in [0.1, 0.15) is 0 Å². The molecule has 1 unspecified atom stereocenters. The molecule has 1 aromatic carbocycles. The molecule has 1 rings (SSSR count). The summed E-state index contributed by atoms with van der Waals surface area (Å²) in [7, 11) is 1.08. The molecule has 1 atom stereocenters. The number of rotatable bonds is 5. The zero-order valence-electron chi connectivity index (χ0n) is 8.86. The number of aliphatic hydroxyl groups is 1. The molecule has 14 heavy (non-hydrogen) atoms.